The van der Waals surface area contributed by atoms with Gasteiger partial charge in [0.25, 0.3) is 0 Å². The summed E-state index contributed by atoms with van der Waals surface area (Å²) in [6.07, 6.45) is -110. The molecule has 57 heteroatoms. The van der Waals surface area contributed by atoms with Crippen molar-refractivity contribution in [1.29, 1.82) is 0 Å². The minimum atomic E-state index is -2.69. The van der Waals surface area contributed by atoms with Crippen LogP contribution >= 0.6 is 0 Å². The van der Waals surface area contributed by atoms with Gasteiger partial charge in [-0.15, -0.1) is 0 Å². The van der Waals surface area contributed by atoms with Gasteiger partial charge in [0.1, 0.15) is 256 Å². The van der Waals surface area contributed by atoms with Crippen LogP contribution in [0.3, 0.4) is 0 Å². The van der Waals surface area contributed by atoms with E-state index in [0.717, 1.165) is 20.8 Å². The molecule has 0 unspecified atom stereocenters. The Morgan fingerprint density at radius 3 is 0.953 bits per heavy atom. The Kier molecular flexibility index (Phi) is 37.5. The fraction of sp³-hybridized carbons (Fsp3) is 0.958. The van der Waals surface area contributed by atoms with E-state index in [1.807, 2.05) is 0 Å². The molecule has 129 heavy (non-hydrogen) atoms. The number of aliphatic hydroxyl groups is 30. The van der Waals surface area contributed by atoms with Gasteiger partial charge in [-0.1, -0.05) is 0 Å². The van der Waals surface area contributed by atoms with Crippen LogP contribution in [0.15, 0.2) is 0 Å². The average molecular weight is 1890 g/mol. The van der Waals surface area contributed by atoms with Crippen molar-refractivity contribution in [2.75, 3.05) is 59.5 Å². The van der Waals surface area contributed by atoms with Gasteiger partial charge in [-0.05, 0) is 13.8 Å². The number of carbonyl (C=O) groups excluding carboxylic acids is 3. The van der Waals surface area contributed by atoms with Crippen molar-refractivity contribution in [3.8, 4) is 0 Å². The SMILES string of the molecule is CC(=O)N[C@@H]1[C@@H](O)[C@H](O[C@@H]2O[C@H](CO)[C@@H](O[C@@H]3O[C@H](CO[C@H]4O[C@H](CO[C@H]5O[C@H](CO)[C@@H](O)[C@H](O)[C@@H]5O)[C@@H](O)[C@H](O[C@H]5O[C@H](CO)[C@@H](O)[C@H](O)[C@@H]5O)[C@@H]4O)[C@@H](O)[C@H](O[C@H]4O[C@H](CO)[C@@H](O)[C@H](O)[C@@H]4O[C@@H]4O[C@H](CO)[C@@H](O[C@@H]5O[C@@H](C)[C@@H](O)[C@@H](O)[C@@H]5O)[C@H](O[C@@H]5O[C@H](CO)[C@H](O)[C@H](O)[C@H]5O)[C@H]4NC(C)=O)[C@@H]3O)[C@H](O)[C@H]2NC(C)=O)[C@@H](CO[C@@H]2O[C@@H](C)[C@@H](O)[C@@H](O)[C@@H]2O)O[C@H]1O. The molecule has 11 saturated heterocycles. The number of carbonyl (C=O) groups is 3. The molecule has 11 rings (SSSR count). The zero-order valence-electron chi connectivity index (χ0n) is 69.3. The Labute approximate surface area is 730 Å². The summed E-state index contributed by atoms with van der Waals surface area (Å²) in [5.74, 6) is -2.93. The monoisotopic (exact) mass is 1890 g/mol. The molecule has 11 aliphatic heterocycles. The number of nitrogens with one attached hydrogen (secondary N) is 3. The molecular weight excluding hydrogens is 1770 g/mol. The summed E-state index contributed by atoms with van der Waals surface area (Å²) in [6.45, 7) is -4.82. The summed E-state index contributed by atoms with van der Waals surface area (Å²) in [6, 6.07) is -5.96. The fourth-order valence-electron chi connectivity index (χ4n) is 16.7. The second kappa shape index (κ2) is 45.8. The van der Waals surface area contributed by atoms with Gasteiger partial charge >= 0.3 is 0 Å². The smallest absolute Gasteiger partial charge is 0.217 e. The highest BCUT2D eigenvalue weighted by atomic mass is 16.8. The first-order valence-corrected chi connectivity index (χ1v) is 41.4. The Morgan fingerprint density at radius 1 is 0.217 bits per heavy atom. The van der Waals surface area contributed by atoms with Gasteiger partial charge in [0.15, 0.2) is 69.2 Å². The standard InChI is InChI=1S/C72H121N3O54/c1-15-32(85)42(95)48(101)65(112-15)111-14-28-56(40(93)29(62(108)114-28)73-17(3)82)123-63-30(74-18(4)83)41(94)55(24(10-80)119-63)124-71-54(107)60(39(92)27(122-71)13-110-67-53(106)59(127-70-52(105)46(99)36(89)22(8-78)117-70)38(91)26(121-67)12-109-66-49(102)44(97)34(87)20(6-76)115-66)128-72-61(47(100)37(90)23(9-79)118-72)129-64-31(75-19(5)84)58(126-69-51(104)45(98)35(88)21(7-77)116-69)57(25(11-81)120-64)125-68-50(103)43(96)33(86)16(2)113-68/h15-16,20-72,76-81,85-108H,6-14H2,1-5H3,(H,73,82)(H,74,83)(H,75,84)/t15-,16-,20+,21+,22+,23+,24+,25+,26+,27+,28+,29+,30+,31+,32+,33+,34+,35-,36+,37+,38+,39+,40+,41+,42+,43+,44-,45-,46-,47-,48-,49-,50-,51+,52-,53-,54-,55+,56+,57+,58+,59-,60-,61-,62+,63-,64-,65+,66-,67-,68-,69-,70+,71-,72+/m0/s1. The number of hydrogen-bond acceptors (Lipinski definition) is 54. The molecule has 11 heterocycles. The molecule has 0 aromatic rings. The van der Waals surface area contributed by atoms with E-state index >= 15 is 0 Å². The first kappa shape index (κ1) is 106. The van der Waals surface area contributed by atoms with Crippen LogP contribution in [-0.2, 0) is 114 Å². The molecule has 11 aliphatic rings. The van der Waals surface area contributed by atoms with Crippen molar-refractivity contribution in [2.24, 2.45) is 0 Å². The Bertz CT molecular complexity index is 3480. The lowest BCUT2D eigenvalue weighted by Gasteiger charge is -2.52. The van der Waals surface area contributed by atoms with Gasteiger partial charge in [0.05, 0.1) is 71.7 Å². The molecule has 0 spiro atoms. The summed E-state index contributed by atoms with van der Waals surface area (Å²) >= 11 is 0. The molecule has 0 aliphatic carbocycles. The third-order valence-corrected chi connectivity index (χ3v) is 24.1. The van der Waals surface area contributed by atoms with Gasteiger partial charge in [0, 0.05) is 20.8 Å². The van der Waals surface area contributed by atoms with Gasteiger partial charge in [-0.3, -0.25) is 14.4 Å². The second-order valence-corrected chi connectivity index (χ2v) is 33.1. The van der Waals surface area contributed by atoms with Crippen molar-refractivity contribution < 1.29 is 267 Å². The molecule has 748 valence electrons. The number of hydrogen-bond donors (Lipinski definition) is 33. The molecule has 0 bridgehead atoms. The number of rotatable bonds is 32. The Morgan fingerprint density at radius 2 is 0.488 bits per heavy atom. The summed E-state index contributed by atoms with van der Waals surface area (Å²) in [4.78, 5) is 39.4. The molecule has 3 amide bonds. The summed E-state index contributed by atoms with van der Waals surface area (Å²) in [5, 5.41) is 343. The minimum Gasteiger partial charge on any atom is -0.394 e. The zero-order chi connectivity index (χ0) is 94.8. The third-order valence-electron chi connectivity index (χ3n) is 24.1. The van der Waals surface area contributed by atoms with E-state index in [1.54, 1.807) is 0 Å². The van der Waals surface area contributed by atoms with Gasteiger partial charge in [-0.2, -0.15) is 0 Å². The van der Waals surface area contributed by atoms with Crippen LogP contribution in [0.5, 0.6) is 0 Å². The third kappa shape index (κ3) is 23.2. The maximum Gasteiger partial charge on any atom is 0.217 e. The maximum absolute atomic E-state index is 13.6. The van der Waals surface area contributed by atoms with Gasteiger partial charge in [-0.25, -0.2) is 0 Å². The van der Waals surface area contributed by atoms with E-state index in [2.05, 4.69) is 16.0 Å². The van der Waals surface area contributed by atoms with Crippen molar-refractivity contribution in [3.05, 3.63) is 0 Å². The predicted octanol–water partition coefficient (Wildman–Crippen LogP) is -22.5. The van der Waals surface area contributed by atoms with Crippen molar-refractivity contribution >= 4 is 17.7 Å². The molecule has 0 saturated carbocycles. The molecule has 11 fully saturated rings. The fourth-order valence-corrected chi connectivity index (χ4v) is 16.7. The number of amides is 3. The molecule has 33 N–H and O–H groups in total. The quantitative estimate of drug-likeness (QED) is 0.0297. The zero-order valence-corrected chi connectivity index (χ0v) is 69.3. The summed E-state index contributed by atoms with van der Waals surface area (Å²) in [7, 11) is 0. The van der Waals surface area contributed by atoms with E-state index in [0.29, 0.717) is 0 Å². The lowest BCUT2D eigenvalue weighted by Crippen LogP contribution is -2.71. The Hall–Kier alpha value is -3.63. The van der Waals surface area contributed by atoms with Crippen molar-refractivity contribution in [2.45, 2.75) is 372 Å². The summed E-state index contributed by atoms with van der Waals surface area (Å²) < 4.78 is 125. The van der Waals surface area contributed by atoms with Crippen LogP contribution < -0.4 is 16.0 Å². The molecule has 0 aromatic heterocycles. The van der Waals surface area contributed by atoms with E-state index in [9.17, 15) is 168 Å². The average Bonchev–Trinajstić information content (AvgIpc) is 0.763. The highest BCUT2D eigenvalue weighted by Gasteiger charge is 2.62. The van der Waals surface area contributed by atoms with Crippen molar-refractivity contribution in [1.82, 2.24) is 16.0 Å². The molecule has 57 nitrogen and oxygen atoms in total. The van der Waals surface area contributed by atoms with E-state index < -0.39 is 415 Å². The van der Waals surface area contributed by atoms with Crippen LogP contribution in [0.2, 0.25) is 0 Å². The predicted molar refractivity (Wildman–Crippen MR) is 394 cm³/mol. The second-order valence-electron chi connectivity index (χ2n) is 33.1. The van der Waals surface area contributed by atoms with Crippen LogP contribution in [0.25, 0.3) is 0 Å². The van der Waals surface area contributed by atoms with Crippen LogP contribution in [-0.4, -0.2) is 568 Å². The molecule has 55 atom stereocenters. The van der Waals surface area contributed by atoms with E-state index in [1.165, 1.54) is 13.8 Å². The highest BCUT2D eigenvalue weighted by Crippen LogP contribution is 2.42. The number of aliphatic hydroxyl groups excluding tert-OH is 30. The Balaban J connectivity index is 0.953. The largest absolute Gasteiger partial charge is 0.394 e. The highest BCUT2D eigenvalue weighted by molar-refractivity contribution is 5.74. The first-order valence-electron chi connectivity index (χ1n) is 41.4. The van der Waals surface area contributed by atoms with Gasteiger partial charge in [0.2, 0.25) is 17.7 Å². The van der Waals surface area contributed by atoms with Crippen LogP contribution in [0, 0.1) is 0 Å². The molecule has 0 aromatic carbocycles. The lowest BCUT2D eigenvalue weighted by atomic mass is 9.93. The summed E-state index contributed by atoms with van der Waals surface area (Å²) in [5.41, 5.74) is 0. The minimum absolute atomic E-state index is 0.861. The normalized spacial score (nSPS) is 51.3. The van der Waals surface area contributed by atoms with E-state index in [4.69, 9.17) is 99.5 Å². The van der Waals surface area contributed by atoms with Crippen LogP contribution in [0.4, 0.5) is 0 Å². The van der Waals surface area contributed by atoms with E-state index in [-0.39, 0.29) is 0 Å². The first-order chi connectivity index (χ1) is 60.9. The maximum atomic E-state index is 13.6. The topological polar surface area (TPSA) is 888 Å². The molecule has 0 radical (unpaired) electrons. The van der Waals surface area contributed by atoms with Crippen LogP contribution in [0.1, 0.15) is 34.6 Å². The van der Waals surface area contributed by atoms with Crippen molar-refractivity contribution in [3.63, 3.8) is 0 Å². The lowest BCUT2D eigenvalue weighted by molar-refractivity contribution is -0.403. The van der Waals surface area contributed by atoms with Gasteiger partial charge < -0.3 is 269 Å². The molecular formula is C72H121N3O54. The number of ether oxygens (including phenoxy) is 21.